The second-order valence-corrected chi connectivity index (χ2v) is 2.76. The van der Waals surface area contributed by atoms with Crippen LogP contribution in [0.2, 0.25) is 0 Å². The molecule has 1 heterocycles. The highest BCUT2D eigenvalue weighted by atomic mass is 16.3. The zero-order chi connectivity index (χ0) is 10.0. The summed E-state index contributed by atoms with van der Waals surface area (Å²) >= 11 is 0. The van der Waals surface area contributed by atoms with E-state index in [2.05, 4.69) is 4.99 Å². The number of nitrogens with zero attached hydrogens (tertiary/aromatic N) is 4. The molecule has 0 bridgehead atoms. The van der Waals surface area contributed by atoms with Gasteiger partial charge < -0.3 is 10.0 Å². The van der Waals surface area contributed by atoms with Crippen LogP contribution >= 0.6 is 0 Å². The summed E-state index contributed by atoms with van der Waals surface area (Å²) in [6, 6.07) is 0. The second kappa shape index (κ2) is 3.41. The predicted octanol–water partition coefficient (Wildman–Crippen LogP) is -1.06. The van der Waals surface area contributed by atoms with Gasteiger partial charge >= 0.3 is 0 Å². The van der Waals surface area contributed by atoms with E-state index in [0.29, 0.717) is 0 Å². The number of carbonyl (C=O) groups is 1. The van der Waals surface area contributed by atoms with Crippen molar-refractivity contribution in [1.29, 1.82) is 5.26 Å². The van der Waals surface area contributed by atoms with Crippen LogP contribution in [-0.4, -0.2) is 47.1 Å². The number of hydrogen-bond donors (Lipinski definition) is 1. The number of nitriles is 1. The molecule has 0 aromatic rings. The number of aliphatic imine (C=N–C) groups is 1. The topological polar surface area (TPSA) is 79.9 Å². The Morgan fingerprint density at radius 3 is 2.85 bits per heavy atom. The van der Waals surface area contributed by atoms with Crippen molar-refractivity contribution >= 4 is 11.9 Å². The van der Waals surface area contributed by atoms with Gasteiger partial charge in [0.25, 0.3) is 0 Å². The normalized spacial score (nSPS) is 26.5. The maximum atomic E-state index is 11.2. The summed E-state index contributed by atoms with van der Waals surface area (Å²) in [5.41, 5.74) is 0. The molecule has 13 heavy (non-hydrogen) atoms. The molecule has 6 nitrogen and oxygen atoms in total. The predicted molar refractivity (Wildman–Crippen MR) is 44.2 cm³/mol. The van der Waals surface area contributed by atoms with Gasteiger partial charge in [-0.2, -0.15) is 5.26 Å². The van der Waals surface area contributed by atoms with E-state index in [1.54, 1.807) is 13.2 Å². The van der Waals surface area contributed by atoms with Gasteiger partial charge in [-0.3, -0.25) is 9.69 Å². The minimum absolute atomic E-state index is 0.0252. The van der Waals surface area contributed by atoms with Crippen LogP contribution in [0, 0.1) is 11.5 Å². The number of guanidine groups is 1. The van der Waals surface area contributed by atoms with Crippen molar-refractivity contribution in [2.24, 2.45) is 4.99 Å². The first kappa shape index (κ1) is 9.48. The Balaban J connectivity index is 2.97. The molecule has 1 fully saturated rings. The monoisotopic (exact) mass is 182 g/mol. The quantitative estimate of drug-likeness (QED) is 0.484. The second-order valence-electron chi connectivity index (χ2n) is 2.76. The van der Waals surface area contributed by atoms with Crippen LogP contribution in [0.15, 0.2) is 4.99 Å². The van der Waals surface area contributed by atoms with Crippen molar-refractivity contribution < 1.29 is 9.90 Å². The summed E-state index contributed by atoms with van der Waals surface area (Å²) in [5, 5.41) is 17.7. The number of carbonyl (C=O) groups excluding carboxylic acids is 1. The lowest BCUT2D eigenvalue weighted by molar-refractivity contribution is -0.134. The summed E-state index contributed by atoms with van der Waals surface area (Å²) < 4.78 is 0. The third-order valence-corrected chi connectivity index (χ3v) is 1.94. The standard InChI is InChI=1S/C7H10N4O2/c1-10-5(12)3-6(13)11(2)7(10)9-4-8/h5,12H,3H2,1-2H3/b9-7-. The number of aliphatic hydroxyl groups is 1. The molecule has 0 aliphatic carbocycles. The third kappa shape index (κ3) is 1.60. The van der Waals surface area contributed by atoms with Crippen LogP contribution in [0.3, 0.4) is 0 Å². The van der Waals surface area contributed by atoms with E-state index in [1.165, 1.54) is 16.8 Å². The lowest BCUT2D eigenvalue weighted by Gasteiger charge is -2.35. The van der Waals surface area contributed by atoms with Crippen LogP contribution in [0.4, 0.5) is 0 Å². The highest BCUT2D eigenvalue weighted by Crippen LogP contribution is 2.11. The summed E-state index contributed by atoms with van der Waals surface area (Å²) in [7, 11) is 3.09. The van der Waals surface area contributed by atoms with Gasteiger partial charge in [0.2, 0.25) is 18.1 Å². The van der Waals surface area contributed by atoms with E-state index < -0.39 is 6.23 Å². The highest BCUT2D eigenvalue weighted by molar-refractivity contribution is 5.99. The first-order valence-electron chi connectivity index (χ1n) is 3.72. The number of hydrogen-bond acceptors (Lipinski definition) is 4. The van der Waals surface area contributed by atoms with E-state index in [0.717, 1.165) is 0 Å². The number of amides is 1. The van der Waals surface area contributed by atoms with E-state index in [1.807, 2.05) is 0 Å². The molecule has 1 atom stereocenters. The van der Waals surface area contributed by atoms with Crippen molar-refractivity contribution in [2.75, 3.05) is 14.1 Å². The Morgan fingerprint density at radius 1 is 1.69 bits per heavy atom. The van der Waals surface area contributed by atoms with E-state index in [4.69, 9.17) is 5.26 Å². The summed E-state index contributed by atoms with van der Waals surface area (Å²) in [6.45, 7) is 0. The molecule has 1 N–H and O–H groups in total. The molecule has 0 radical (unpaired) electrons. The average molecular weight is 182 g/mol. The van der Waals surface area contributed by atoms with Gasteiger partial charge in [0.15, 0.2) is 0 Å². The molecule has 70 valence electrons. The molecule has 6 heteroatoms. The number of rotatable bonds is 0. The molecular weight excluding hydrogens is 172 g/mol. The zero-order valence-electron chi connectivity index (χ0n) is 7.43. The molecule has 1 rings (SSSR count). The van der Waals surface area contributed by atoms with Crippen molar-refractivity contribution in [1.82, 2.24) is 9.80 Å². The molecule has 0 spiro atoms. The van der Waals surface area contributed by atoms with Crippen LogP contribution < -0.4 is 0 Å². The Bertz CT molecular complexity index is 293. The third-order valence-electron chi connectivity index (χ3n) is 1.94. The fourth-order valence-corrected chi connectivity index (χ4v) is 1.11. The maximum absolute atomic E-state index is 11.2. The minimum Gasteiger partial charge on any atom is -0.373 e. The van der Waals surface area contributed by atoms with Gasteiger partial charge in [-0.15, -0.1) is 4.99 Å². The van der Waals surface area contributed by atoms with Crippen molar-refractivity contribution in [3.63, 3.8) is 0 Å². The number of aliphatic hydroxyl groups excluding tert-OH is 1. The van der Waals surface area contributed by atoms with E-state index in [-0.39, 0.29) is 18.3 Å². The van der Waals surface area contributed by atoms with Crippen LogP contribution in [-0.2, 0) is 4.79 Å². The minimum atomic E-state index is -0.893. The van der Waals surface area contributed by atoms with Gasteiger partial charge in [-0.05, 0) is 0 Å². The average Bonchev–Trinajstić information content (AvgIpc) is 2.09. The highest BCUT2D eigenvalue weighted by Gasteiger charge is 2.31. The summed E-state index contributed by atoms with van der Waals surface area (Å²) in [4.78, 5) is 17.2. The molecule has 0 aromatic heterocycles. The Kier molecular flexibility index (Phi) is 2.49. The van der Waals surface area contributed by atoms with Crippen molar-refractivity contribution in [2.45, 2.75) is 12.6 Å². The van der Waals surface area contributed by atoms with Crippen LogP contribution in [0.5, 0.6) is 0 Å². The molecule has 1 aliphatic heterocycles. The molecule has 1 saturated heterocycles. The van der Waals surface area contributed by atoms with Gasteiger partial charge in [-0.25, -0.2) is 0 Å². The smallest absolute Gasteiger partial charge is 0.233 e. The fraction of sp³-hybridized carbons (Fsp3) is 0.571. The first-order chi connectivity index (χ1) is 6.07. The lowest BCUT2D eigenvalue weighted by atomic mass is 10.2. The largest absolute Gasteiger partial charge is 0.373 e. The SMILES string of the molecule is CN1C(=O)CC(O)N(C)/C1=N/C#N. The van der Waals surface area contributed by atoms with Gasteiger partial charge in [0.05, 0.1) is 6.42 Å². The molecular formula is C7H10N4O2. The molecule has 1 aliphatic rings. The fourth-order valence-electron chi connectivity index (χ4n) is 1.11. The zero-order valence-corrected chi connectivity index (χ0v) is 7.43. The Labute approximate surface area is 75.7 Å². The van der Waals surface area contributed by atoms with Crippen molar-refractivity contribution in [3.8, 4) is 6.19 Å². The van der Waals surface area contributed by atoms with Crippen LogP contribution in [0.25, 0.3) is 0 Å². The van der Waals surface area contributed by atoms with Gasteiger partial charge in [0.1, 0.15) is 6.23 Å². The summed E-state index contributed by atoms with van der Waals surface area (Å²) in [6.07, 6.45) is 0.713. The molecule has 1 amide bonds. The van der Waals surface area contributed by atoms with Gasteiger partial charge in [0, 0.05) is 14.1 Å². The van der Waals surface area contributed by atoms with E-state index in [9.17, 15) is 9.90 Å². The summed E-state index contributed by atoms with van der Waals surface area (Å²) in [5.74, 6) is -0.0779. The maximum Gasteiger partial charge on any atom is 0.233 e. The molecule has 0 saturated carbocycles. The Morgan fingerprint density at radius 2 is 2.31 bits per heavy atom. The van der Waals surface area contributed by atoms with Gasteiger partial charge in [-0.1, -0.05) is 0 Å². The van der Waals surface area contributed by atoms with E-state index >= 15 is 0 Å². The Hall–Kier alpha value is -1.61. The molecule has 1 unspecified atom stereocenters. The lowest BCUT2D eigenvalue weighted by Crippen LogP contribution is -2.54. The van der Waals surface area contributed by atoms with Crippen molar-refractivity contribution in [3.05, 3.63) is 0 Å². The first-order valence-corrected chi connectivity index (χ1v) is 3.72. The molecule has 0 aromatic carbocycles. The van der Waals surface area contributed by atoms with Crippen LogP contribution in [0.1, 0.15) is 6.42 Å².